The lowest BCUT2D eigenvalue weighted by molar-refractivity contribution is -0.138. The molecule has 0 bridgehead atoms. The molecule has 1 amide bonds. The van der Waals surface area contributed by atoms with Crippen molar-refractivity contribution in [1.82, 2.24) is 4.90 Å². The predicted octanol–water partition coefficient (Wildman–Crippen LogP) is 1.03. The van der Waals surface area contributed by atoms with Crippen LogP contribution in [0.1, 0.15) is 26.7 Å². The third-order valence-corrected chi connectivity index (χ3v) is 2.08. The molecule has 0 radical (unpaired) electrons. The van der Waals surface area contributed by atoms with E-state index >= 15 is 0 Å². The summed E-state index contributed by atoms with van der Waals surface area (Å²) >= 11 is 0. The zero-order chi connectivity index (χ0) is 9.14. The van der Waals surface area contributed by atoms with Crippen molar-refractivity contribution in [2.75, 3.05) is 13.6 Å². The standard InChI is InChI=1S/C9H17NO2/c1-7(2)12-8-4-5-10(3)9(11)6-8/h7-8H,4-6H2,1-3H3. The van der Waals surface area contributed by atoms with Crippen LogP contribution in [0.5, 0.6) is 0 Å². The SMILES string of the molecule is CC(C)OC1CCN(C)C(=O)C1. The van der Waals surface area contributed by atoms with E-state index in [1.54, 1.807) is 4.90 Å². The minimum Gasteiger partial charge on any atom is -0.375 e. The van der Waals surface area contributed by atoms with E-state index in [4.69, 9.17) is 4.74 Å². The van der Waals surface area contributed by atoms with E-state index in [9.17, 15) is 4.79 Å². The van der Waals surface area contributed by atoms with Crippen LogP contribution in [0.3, 0.4) is 0 Å². The maximum absolute atomic E-state index is 11.2. The van der Waals surface area contributed by atoms with Gasteiger partial charge < -0.3 is 9.64 Å². The Morgan fingerprint density at radius 1 is 1.58 bits per heavy atom. The van der Waals surface area contributed by atoms with Gasteiger partial charge in [0.05, 0.1) is 18.6 Å². The quantitative estimate of drug-likeness (QED) is 0.621. The zero-order valence-corrected chi connectivity index (χ0v) is 8.04. The Bertz CT molecular complexity index is 168. The molecule has 70 valence electrons. The van der Waals surface area contributed by atoms with E-state index in [2.05, 4.69) is 0 Å². The normalized spacial score (nSPS) is 25.2. The molecule has 1 heterocycles. The minimum atomic E-state index is 0.147. The molecule has 0 N–H and O–H groups in total. The van der Waals surface area contributed by atoms with Gasteiger partial charge in [-0.05, 0) is 20.3 Å². The van der Waals surface area contributed by atoms with Gasteiger partial charge in [0.1, 0.15) is 0 Å². The summed E-state index contributed by atoms with van der Waals surface area (Å²) < 4.78 is 5.56. The van der Waals surface area contributed by atoms with Gasteiger partial charge in [0.25, 0.3) is 0 Å². The molecule has 3 nitrogen and oxygen atoms in total. The summed E-state index contributed by atoms with van der Waals surface area (Å²) in [4.78, 5) is 13.0. The second kappa shape index (κ2) is 3.90. The lowest BCUT2D eigenvalue weighted by atomic mass is 10.1. The molecule has 0 aromatic carbocycles. The van der Waals surface area contributed by atoms with Crippen molar-refractivity contribution < 1.29 is 9.53 Å². The van der Waals surface area contributed by atoms with Gasteiger partial charge in [-0.15, -0.1) is 0 Å². The van der Waals surface area contributed by atoms with Crippen LogP contribution in [-0.2, 0) is 9.53 Å². The summed E-state index contributed by atoms with van der Waals surface area (Å²) in [5.74, 6) is 0.201. The number of rotatable bonds is 2. The van der Waals surface area contributed by atoms with Gasteiger partial charge in [-0.2, -0.15) is 0 Å². The first kappa shape index (κ1) is 9.52. The number of nitrogens with zero attached hydrogens (tertiary/aromatic N) is 1. The number of likely N-dealkylation sites (tertiary alicyclic amines) is 1. The first-order valence-corrected chi connectivity index (χ1v) is 4.49. The summed E-state index contributed by atoms with van der Waals surface area (Å²) in [5.41, 5.74) is 0. The summed E-state index contributed by atoms with van der Waals surface area (Å²) in [7, 11) is 1.84. The number of ether oxygens (including phenoxy) is 1. The zero-order valence-electron chi connectivity index (χ0n) is 8.04. The van der Waals surface area contributed by atoms with Gasteiger partial charge in [0, 0.05) is 13.6 Å². The van der Waals surface area contributed by atoms with Crippen molar-refractivity contribution in [1.29, 1.82) is 0 Å². The van der Waals surface area contributed by atoms with Gasteiger partial charge in [0.2, 0.25) is 5.91 Å². The molecule has 0 aromatic heterocycles. The van der Waals surface area contributed by atoms with Crippen molar-refractivity contribution in [2.45, 2.75) is 38.9 Å². The maximum Gasteiger partial charge on any atom is 0.224 e. The molecule has 1 unspecified atom stereocenters. The molecule has 0 spiro atoms. The van der Waals surface area contributed by atoms with E-state index in [0.29, 0.717) is 6.42 Å². The molecule has 3 heteroatoms. The van der Waals surface area contributed by atoms with E-state index in [1.807, 2.05) is 20.9 Å². The second-order valence-electron chi connectivity index (χ2n) is 3.61. The Hall–Kier alpha value is -0.570. The monoisotopic (exact) mass is 171 g/mol. The number of amides is 1. The highest BCUT2D eigenvalue weighted by Crippen LogP contribution is 2.14. The number of hydrogen-bond donors (Lipinski definition) is 0. The molecule has 12 heavy (non-hydrogen) atoms. The Morgan fingerprint density at radius 2 is 2.25 bits per heavy atom. The third kappa shape index (κ3) is 2.48. The van der Waals surface area contributed by atoms with E-state index in [-0.39, 0.29) is 18.1 Å². The topological polar surface area (TPSA) is 29.5 Å². The molecule has 1 fully saturated rings. The van der Waals surface area contributed by atoms with E-state index < -0.39 is 0 Å². The van der Waals surface area contributed by atoms with Crippen LogP contribution in [0.4, 0.5) is 0 Å². The average Bonchev–Trinajstić information content (AvgIpc) is 1.96. The first-order chi connectivity index (χ1) is 5.59. The molecule has 0 aromatic rings. The molecule has 1 aliphatic rings. The van der Waals surface area contributed by atoms with Crippen molar-refractivity contribution in [3.8, 4) is 0 Å². The Kier molecular flexibility index (Phi) is 3.09. The largest absolute Gasteiger partial charge is 0.375 e. The average molecular weight is 171 g/mol. The van der Waals surface area contributed by atoms with Crippen LogP contribution in [0.2, 0.25) is 0 Å². The number of piperidine rings is 1. The summed E-state index contributed by atoms with van der Waals surface area (Å²) in [5, 5.41) is 0. The molecular formula is C9H17NO2. The summed E-state index contributed by atoms with van der Waals surface area (Å²) in [6.45, 7) is 4.84. The minimum absolute atomic E-state index is 0.147. The first-order valence-electron chi connectivity index (χ1n) is 4.49. The van der Waals surface area contributed by atoms with Crippen LogP contribution in [0.15, 0.2) is 0 Å². The lowest BCUT2D eigenvalue weighted by Gasteiger charge is -2.29. The van der Waals surface area contributed by atoms with Gasteiger partial charge in [0.15, 0.2) is 0 Å². The Morgan fingerprint density at radius 3 is 2.75 bits per heavy atom. The lowest BCUT2D eigenvalue weighted by Crippen LogP contribution is -2.39. The predicted molar refractivity (Wildman–Crippen MR) is 46.9 cm³/mol. The molecule has 1 rings (SSSR count). The Balaban J connectivity index is 2.35. The highest BCUT2D eigenvalue weighted by atomic mass is 16.5. The van der Waals surface area contributed by atoms with Crippen molar-refractivity contribution in [2.24, 2.45) is 0 Å². The fourth-order valence-electron chi connectivity index (χ4n) is 1.42. The number of carbonyl (C=O) groups excluding carboxylic acids is 1. The fraction of sp³-hybridized carbons (Fsp3) is 0.889. The number of carbonyl (C=O) groups is 1. The molecule has 1 saturated heterocycles. The molecular weight excluding hydrogens is 154 g/mol. The van der Waals surface area contributed by atoms with Crippen LogP contribution >= 0.6 is 0 Å². The highest BCUT2D eigenvalue weighted by Gasteiger charge is 2.24. The van der Waals surface area contributed by atoms with E-state index in [1.165, 1.54) is 0 Å². The van der Waals surface area contributed by atoms with Crippen molar-refractivity contribution in [3.63, 3.8) is 0 Å². The van der Waals surface area contributed by atoms with Gasteiger partial charge in [-0.3, -0.25) is 4.79 Å². The molecule has 0 aliphatic carbocycles. The Labute approximate surface area is 73.7 Å². The fourth-order valence-corrected chi connectivity index (χ4v) is 1.42. The van der Waals surface area contributed by atoms with Crippen molar-refractivity contribution >= 4 is 5.91 Å². The number of hydrogen-bond acceptors (Lipinski definition) is 2. The van der Waals surface area contributed by atoms with Crippen LogP contribution in [-0.4, -0.2) is 36.6 Å². The van der Waals surface area contributed by atoms with Crippen LogP contribution in [0, 0.1) is 0 Å². The second-order valence-corrected chi connectivity index (χ2v) is 3.61. The van der Waals surface area contributed by atoms with Gasteiger partial charge in [-0.1, -0.05) is 0 Å². The maximum atomic E-state index is 11.2. The molecule has 0 saturated carbocycles. The molecule has 1 atom stereocenters. The summed E-state index contributed by atoms with van der Waals surface area (Å²) in [6.07, 6.45) is 1.90. The molecule has 1 aliphatic heterocycles. The van der Waals surface area contributed by atoms with Crippen molar-refractivity contribution in [3.05, 3.63) is 0 Å². The third-order valence-electron chi connectivity index (χ3n) is 2.08. The van der Waals surface area contributed by atoms with E-state index in [0.717, 1.165) is 13.0 Å². The van der Waals surface area contributed by atoms with Crippen LogP contribution in [0.25, 0.3) is 0 Å². The highest BCUT2D eigenvalue weighted by molar-refractivity contribution is 5.77. The van der Waals surface area contributed by atoms with Gasteiger partial charge >= 0.3 is 0 Å². The smallest absolute Gasteiger partial charge is 0.224 e. The summed E-state index contributed by atoms with van der Waals surface area (Å²) in [6, 6.07) is 0. The van der Waals surface area contributed by atoms with Gasteiger partial charge in [-0.25, -0.2) is 0 Å². The van der Waals surface area contributed by atoms with Crippen LogP contribution < -0.4 is 0 Å².